The molecule has 0 fully saturated rings. The molecule has 0 aliphatic carbocycles. The first-order chi connectivity index (χ1) is 12.3. The van der Waals surface area contributed by atoms with E-state index in [1.54, 1.807) is 24.4 Å². The van der Waals surface area contributed by atoms with Gasteiger partial charge in [0, 0.05) is 22.3 Å². The van der Waals surface area contributed by atoms with Gasteiger partial charge in [-0.25, -0.2) is 10.4 Å². The first-order valence-electron chi connectivity index (χ1n) is 7.55. The highest BCUT2D eigenvalue weighted by Gasteiger charge is 2.08. The quantitative estimate of drug-likeness (QED) is 0.419. The zero-order chi connectivity index (χ0) is 19.1. The highest BCUT2D eigenvalue weighted by Crippen LogP contribution is 2.11. The maximum absolute atomic E-state index is 12.0. The Morgan fingerprint density at radius 2 is 1.88 bits per heavy atom. The number of thiazole rings is 1. The molecule has 0 unspecified atom stereocenters. The number of benzene rings is 1. The first kappa shape index (κ1) is 19.1. The molecular weight excluding hydrogens is 356 g/mol. The van der Waals surface area contributed by atoms with Crippen LogP contribution in [-0.4, -0.2) is 28.4 Å². The Kier molecular flexibility index (Phi) is 6.39. The molecule has 136 valence electrons. The molecule has 3 amide bonds. The van der Waals surface area contributed by atoms with Crippen LogP contribution in [0.15, 0.2) is 34.7 Å². The third-order valence-electron chi connectivity index (χ3n) is 3.15. The van der Waals surface area contributed by atoms with Crippen molar-refractivity contribution in [3.63, 3.8) is 0 Å². The summed E-state index contributed by atoms with van der Waals surface area (Å²) in [6.45, 7) is 1.62. The van der Waals surface area contributed by atoms with Crippen molar-refractivity contribution in [2.45, 2.75) is 19.8 Å². The molecule has 9 nitrogen and oxygen atoms in total. The summed E-state index contributed by atoms with van der Waals surface area (Å²) in [6, 6.07) is 6.19. The summed E-state index contributed by atoms with van der Waals surface area (Å²) in [5, 5.41) is 8.64. The van der Waals surface area contributed by atoms with Crippen molar-refractivity contribution < 1.29 is 14.4 Å². The summed E-state index contributed by atoms with van der Waals surface area (Å²) in [4.78, 5) is 38.7. The molecule has 0 aliphatic heterocycles. The van der Waals surface area contributed by atoms with E-state index in [1.165, 1.54) is 23.5 Å². The Morgan fingerprint density at radius 3 is 2.46 bits per heavy atom. The van der Waals surface area contributed by atoms with Crippen LogP contribution in [0.5, 0.6) is 0 Å². The number of nitrogens with zero attached hydrogens (tertiary/aromatic N) is 2. The number of carbonyl (C=O) groups excluding carboxylic acids is 3. The highest BCUT2D eigenvalue weighted by molar-refractivity contribution is 7.13. The van der Waals surface area contributed by atoms with Gasteiger partial charge in [-0.1, -0.05) is 0 Å². The van der Waals surface area contributed by atoms with Crippen LogP contribution in [0.25, 0.3) is 0 Å². The van der Waals surface area contributed by atoms with E-state index in [9.17, 15) is 14.4 Å². The van der Waals surface area contributed by atoms with Gasteiger partial charge >= 0.3 is 0 Å². The van der Waals surface area contributed by atoms with Crippen molar-refractivity contribution in [2.24, 2.45) is 10.8 Å². The van der Waals surface area contributed by atoms with E-state index in [2.05, 4.69) is 20.8 Å². The van der Waals surface area contributed by atoms with E-state index in [0.29, 0.717) is 27.8 Å². The van der Waals surface area contributed by atoms with E-state index in [4.69, 9.17) is 11.5 Å². The van der Waals surface area contributed by atoms with Crippen LogP contribution >= 0.6 is 11.3 Å². The lowest BCUT2D eigenvalue weighted by atomic mass is 10.2. The van der Waals surface area contributed by atoms with Gasteiger partial charge in [0.25, 0.3) is 0 Å². The molecule has 0 saturated carbocycles. The molecule has 1 aromatic heterocycles. The lowest BCUT2D eigenvalue weighted by Crippen LogP contribution is -2.23. The number of nitrogen functional groups attached to an aromatic ring is 1. The number of hydrogen-bond acceptors (Lipinski definition) is 7. The molecule has 26 heavy (non-hydrogen) atoms. The van der Waals surface area contributed by atoms with Crippen molar-refractivity contribution in [1.82, 2.24) is 10.4 Å². The van der Waals surface area contributed by atoms with Crippen LogP contribution in [0.1, 0.15) is 29.4 Å². The van der Waals surface area contributed by atoms with Gasteiger partial charge in [0.1, 0.15) is 0 Å². The SMILES string of the molecule is C/C(CC(=O)Nc1ccc(C(N)=O)cc1)=N/NC(=O)Cc1csc(N)n1. The third-order valence-corrected chi connectivity index (χ3v) is 3.87. The standard InChI is InChI=1S/C16H18N6O3S/c1-9(21-22-14(24)7-12-8-26-16(18)20-12)6-13(23)19-11-4-2-10(3-5-11)15(17)25/h2-5,8H,6-7H2,1H3,(H2,17,25)(H2,18,20)(H,19,23)(H,22,24)/b21-9-. The Balaban J connectivity index is 1.80. The number of hydrogen-bond donors (Lipinski definition) is 4. The zero-order valence-electron chi connectivity index (χ0n) is 14.0. The van der Waals surface area contributed by atoms with Crippen molar-refractivity contribution in [3.8, 4) is 0 Å². The summed E-state index contributed by atoms with van der Waals surface area (Å²) in [5.41, 5.74) is 14.9. The minimum absolute atomic E-state index is 0.00149. The van der Waals surface area contributed by atoms with Crippen LogP contribution in [0.4, 0.5) is 10.8 Å². The number of rotatable bonds is 7. The van der Waals surface area contributed by atoms with E-state index in [0.717, 1.165) is 0 Å². The average Bonchev–Trinajstić information content (AvgIpc) is 2.98. The molecule has 0 saturated heterocycles. The topological polar surface area (TPSA) is 153 Å². The van der Waals surface area contributed by atoms with Gasteiger partial charge < -0.3 is 16.8 Å². The number of nitrogens with one attached hydrogen (secondary N) is 2. The number of nitrogens with two attached hydrogens (primary N) is 2. The number of primary amides is 1. The smallest absolute Gasteiger partial charge is 0.248 e. The third kappa shape index (κ3) is 5.98. The molecule has 1 aromatic carbocycles. The number of anilines is 2. The second-order valence-corrected chi connectivity index (χ2v) is 6.29. The molecule has 10 heteroatoms. The fraction of sp³-hybridized carbons (Fsp3) is 0.188. The summed E-state index contributed by atoms with van der Waals surface area (Å²) in [5.74, 6) is -1.20. The molecule has 0 bridgehead atoms. The maximum Gasteiger partial charge on any atom is 0.248 e. The lowest BCUT2D eigenvalue weighted by molar-refractivity contribution is -0.120. The van der Waals surface area contributed by atoms with E-state index in [-0.39, 0.29) is 24.7 Å². The molecule has 0 spiro atoms. The minimum atomic E-state index is -0.540. The van der Waals surface area contributed by atoms with Crippen LogP contribution in [0.3, 0.4) is 0 Å². The van der Waals surface area contributed by atoms with Crippen LogP contribution in [0.2, 0.25) is 0 Å². The molecule has 2 rings (SSSR count). The van der Waals surface area contributed by atoms with Gasteiger partial charge in [-0.2, -0.15) is 5.10 Å². The first-order valence-corrected chi connectivity index (χ1v) is 8.43. The van der Waals surface area contributed by atoms with E-state index in [1.807, 2.05) is 0 Å². The fourth-order valence-corrected chi connectivity index (χ4v) is 2.52. The summed E-state index contributed by atoms with van der Waals surface area (Å²) in [6.07, 6.45) is 0.0599. The predicted octanol–water partition coefficient (Wildman–Crippen LogP) is 0.888. The van der Waals surface area contributed by atoms with Crippen LogP contribution < -0.4 is 22.2 Å². The normalized spacial score (nSPS) is 11.0. The zero-order valence-corrected chi connectivity index (χ0v) is 14.8. The average molecular weight is 374 g/mol. The number of amides is 3. The van der Waals surface area contributed by atoms with Crippen molar-refractivity contribution in [3.05, 3.63) is 40.9 Å². The number of hydrazone groups is 1. The predicted molar refractivity (Wildman–Crippen MR) is 99.7 cm³/mol. The molecule has 6 N–H and O–H groups in total. The van der Waals surface area contributed by atoms with Crippen LogP contribution in [0, 0.1) is 0 Å². The fourth-order valence-electron chi connectivity index (χ4n) is 1.96. The number of aromatic nitrogens is 1. The largest absolute Gasteiger partial charge is 0.375 e. The van der Waals surface area contributed by atoms with Crippen molar-refractivity contribution in [2.75, 3.05) is 11.1 Å². The molecule has 0 radical (unpaired) electrons. The molecular formula is C16H18N6O3S. The van der Waals surface area contributed by atoms with Gasteiger partial charge in [-0.3, -0.25) is 14.4 Å². The lowest BCUT2D eigenvalue weighted by Gasteiger charge is -2.06. The Labute approximate surface area is 153 Å². The van der Waals surface area contributed by atoms with Crippen molar-refractivity contribution >= 4 is 45.6 Å². The van der Waals surface area contributed by atoms with Crippen LogP contribution in [-0.2, 0) is 16.0 Å². The van der Waals surface area contributed by atoms with Gasteiger partial charge in [0.05, 0.1) is 18.5 Å². The van der Waals surface area contributed by atoms with Gasteiger partial charge in [-0.05, 0) is 31.2 Å². The second-order valence-electron chi connectivity index (χ2n) is 5.40. The highest BCUT2D eigenvalue weighted by atomic mass is 32.1. The van der Waals surface area contributed by atoms with Gasteiger partial charge in [0.2, 0.25) is 17.7 Å². The van der Waals surface area contributed by atoms with Crippen molar-refractivity contribution in [1.29, 1.82) is 0 Å². The van der Waals surface area contributed by atoms with Gasteiger partial charge in [0.15, 0.2) is 5.13 Å². The summed E-state index contributed by atoms with van der Waals surface area (Å²) >= 11 is 1.25. The maximum atomic E-state index is 12.0. The second kappa shape index (κ2) is 8.72. The number of carbonyl (C=O) groups is 3. The Morgan fingerprint density at radius 1 is 1.19 bits per heavy atom. The van der Waals surface area contributed by atoms with Gasteiger partial charge in [-0.15, -0.1) is 11.3 Å². The molecule has 2 aromatic rings. The Bertz CT molecular complexity index is 844. The summed E-state index contributed by atoms with van der Waals surface area (Å²) < 4.78 is 0. The molecule has 1 heterocycles. The summed E-state index contributed by atoms with van der Waals surface area (Å²) in [7, 11) is 0. The molecule has 0 atom stereocenters. The monoisotopic (exact) mass is 374 g/mol. The molecule has 0 aliphatic rings. The minimum Gasteiger partial charge on any atom is -0.375 e. The van der Waals surface area contributed by atoms with E-state index < -0.39 is 5.91 Å². The Hall–Kier alpha value is -3.27. The van der Waals surface area contributed by atoms with E-state index >= 15 is 0 Å².